The Hall–Kier alpha value is -2.32. The summed E-state index contributed by atoms with van der Waals surface area (Å²) in [4.78, 5) is 42.4. The van der Waals surface area contributed by atoms with Crippen molar-refractivity contribution in [1.29, 1.82) is 0 Å². The van der Waals surface area contributed by atoms with E-state index in [0.717, 1.165) is 0 Å². The molecule has 5 amide bonds. The summed E-state index contributed by atoms with van der Waals surface area (Å²) in [7, 11) is 0. The zero-order valence-corrected chi connectivity index (χ0v) is 13.9. The molecular weight excluding hydrogens is 304 g/mol. The predicted molar refractivity (Wildman–Crippen MR) is 83.5 cm³/mol. The van der Waals surface area contributed by atoms with Crippen LogP contribution in [-0.2, 0) is 9.59 Å². The van der Waals surface area contributed by atoms with Crippen LogP contribution < -0.4 is 21.7 Å². The van der Waals surface area contributed by atoms with Gasteiger partial charge in [-0.15, -0.1) is 0 Å². The number of hydrogen-bond acceptors (Lipinski definition) is 4. The van der Waals surface area contributed by atoms with Crippen molar-refractivity contribution in [1.82, 2.24) is 16.0 Å². The lowest BCUT2D eigenvalue weighted by molar-refractivity contribution is -0.139. The van der Waals surface area contributed by atoms with Crippen molar-refractivity contribution in [2.45, 2.75) is 52.6 Å². The van der Waals surface area contributed by atoms with Crippen molar-refractivity contribution in [2.75, 3.05) is 0 Å². The molecule has 9 nitrogen and oxygen atoms in total. The lowest BCUT2D eigenvalue weighted by atomic mass is 10.0. The summed E-state index contributed by atoms with van der Waals surface area (Å²) in [6.45, 7) is 7.77. The fourth-order valence-corrected chi connectivity index (χ4v) is 1.96. The summed E-state index contributed by atoms with van der Waals surface area (Å²) in [6, 6.07) is -2.37. The van der Waals surface area contributed by atoms with Gasteiger partial charge >= 0.3 is 18.0 Å². The number of urea groups is 2. The van der Waals surface area contributed by atoms with Crippen LogP contribution >= 0.6 is 0 Å². The maximum absolute atomic E-state index is 10.9. The van der Waals surface area contributed by atoms with E-state index < -0.39 is 18.0 Å². The summed E-state index contributed by atoms with van der Waals surface area (Å²) in [5.41, 5.74) is 4.79. The second kappa shape index (κ2) is 9.65. The van der Waals surface area contributed by atoms with Gasteiger partial charge in [-0.05, 0) is 24.7 Å². The number of nitrogens with two attached hydrogens (primary N) is 1. The molecule has 0 aromatic heterocycles. The fourth-order valence-electron chi connectivity index (χ4n) is 1.96. The molecule has 0 saturated carbocycles. The second-order valence-electron chi connectivity index (χ2n) is 6.17. The Balaban J connectivity index is 0.000000422. The standard InChI is InChI=1S/C7H14N2O3.C7H12N2O2/c1-4(2)3-5(6(10)11)9-7(8)12;1-4(2)3-5-6(10)9-7(11)8-5/h4-5H,3H2,1-2H3,(H,10,11)(H3,8,9,12);4-5H,3H2,1-2H3,(H2,8,9,10,11). The number of primary amides is 1. The van der Waals surface area contributed by atoms with Gasteiger partial charge in [0.05, 0.1) is 0 Å². The molecule has 0 aromatic rings. The molecular formula is C14H26N4O5. The Morgan fingerprint density at radius 3 is 2.09 bits per heavy atom. The molecule has 0 spiro atoms. The molecule has 0 radical (unpaired) electrons. The highest BCUT2D eigenvalue weighted by molar-refractivity contribution is 6.04. The number of carbonyl (C=O) groups is 4. The first-order valence-electron chi connectivity index (χ1n) is 7.43. The molecule has 0 aliphatic carbocycles. The predicted octanol–water partition coefficient (Wildman–Crippen LogP) is 0.395. The Bertz CT molecular complexity index is 450. The molecule has 132 valence electrons. The number of aliphatic carboxylic acids is 1. The molecule has 0 bridgehead atoms. The SMILES string of the molecule is CC(C)CC(NC(N)=O)C(=O)O.CC(C)CC1NC(=O)NC1=O. The molecule has 1 saturated heterocycles. The first kappa shape index (κ1) is 20.7. The molecule has 2 unspecified atom stereocenters. The normalized spacial score (nSPS) is 17.9. The number of rotatable bonds is 6. The molecule has 1 aliphatic rings. The summed E-state index contributed by atoms with van der Waals surface area (Å²) in [5.74, 6) is -0.631. The van der Waals surface area contributed by atoms with Crippen molar-refractivity contribution in [3.05, 3.63) is 0 Å². The number of carboxylic acids is 1. The van der Waals surface area contributed by atoms with Gasteiger partial charge < -0.3 is 21.5 Å². The van der Waals surface area contributed by atoms with Crippen molar-refractivity contribution in [3.63, 3.8) is 0 Å². The largest absolute Gasteiger partial charge is 0.480 e. The molecule has 2 atom stereocenters. The number of hydrogen-bond donors (Lipinski definition) is 5. The molecule has 6 N–H and O–H groups in total. The van der Waals surface area contributed by atoms with Crippen LogP contribution in [0.4, 0.5) is 9.59 Å². The van der Waals surface area contributed by atoms with Crippen LogP contribution in [0.5, 0.6) is 0 Å². The minimum absolute atomic E-state index is 0.205. The van der Waals surface area contributed by atoms with Crippen molar-refractivity contribution in [2.24, 2.45) is 17.6 Å². The van der Waals surface area contributed by atoms with E-state index in [0.29, 0.717) is 18.8 Å². The monoisotopic (exact) mass is 330 g/mol. The lowest BCUT2D eigenvalue weighted by Gasteiger charge is -2.14. The maximum atomic E-state index is 10.9. The zero-order chi connectivity index (χ0) is 18.2. The summed E-state index contributed by atoms with van der Waals surface area (Å²) in [5, 5.41) is 15.5. The fraction of sp³-hybridized carbons (Fsp3) is 0.714. The molecule has 1 heterocycles. The average molecular weight is 330 g/mol. The number of carboxylic acid groups (broad SMARTS) is 1. The first-order valence-corrected chi connectivity index (χ1v) is 7.43. The minimum Gasteiger partial charge on any atom is -0.480 e. The van der Waals surface area contributed by atoms with Gasteiger partial charge in [-0.25, -0.2) is 14.4 Å². The van der Waals surface area contributed by atoms with E-state index in [1.54, 1.807) is 0 Å². The molecule has 1 fully saturated rings. The van der Waals surface area contributed by atoms with Gasteiger partial charge in [0.2, 0.25) is 0 Å². The van der Waals surface area contributed by atoms with Crippen LogP contribution in [0.25, 0.3) is 0 Å². The van der Waals surface area contributed by atoms with Crippen LogP contribution in [0.2, 0.25) is 0 Å². The highest BCUT2D eigenvalue weighted by atomic mass is 16.4. The molecule has 9 heteroatoms. The van der Waals surface area contributed by atoms with Crippen LogP contribution in [0.3, 0.4) is 0 Å². The quantitative estimate of drug-likeness (QED) is 0.446. The molecule has 1 rings (SSSR count). The van der Waals surface area contributed by atoms with E-state index in [2.05, 4.69) is 16.0 Å². The number of imide groups is 1. The van der Waals surface area contributed by atoms with Gasteiger partial charge in [0.25, 0.3) is 5.91 Å². The van der Waals surface area contributed by atoms with E-state index in [4.69, 9.17) is 10.8 Å². The van der Waals surface area contributed by atoms with E-state index in [-0.39, 0.29) is 23.9 Å². The van der Waals surface area contributed by atoms with Crippen molar-refractivity contribution >= 4 is 23.9 Å². The van der Waals surface area contributed by atoms with Gasteiger partial charge in [0.15, 0.2) is 0 Å². The second-order valence-corrected chi connectivity index (χ2v) is 6.17. The van der Waals surface area contributed by atoms with Crippen LogP contribution in [0.1, 0.15) is 40.5 Å². The Morgan fingerprint density at radius 1 is 1.22 bits per heavy atom. The van der Waals surface area contributed by atoms with Gasteiger partial charge in [-0.1, -0.05) is 27.7 Å². The third-order valence-electron chi connectivity index (χ3n) is 2.89. The number of carbonyl (C=O) groups excluding carboxylic acids is 3. The van der Waals surface area contributed by atoms with Crippen LogP contribution in [0.15, 0.2) is 0 Å². The average Bonchev–Trinajstić information content (AvgIpc) is 2.65. The first-order chi connectivity index (χ1) is 10.5. The topological polar surface area (TPSA) is 151 Å². The maximum Gasteiger partial charge on any atom is 0.326 e. The van der Waals surface area contributed by atoms with E-state index in [9.17, 15) is 19.2 Å². The molecule has 0 aromatic carbocycles. The highest BCUT2D eigenvalue weighted by Crippen LogP contribution is 2.07. The van der Waals surface area contributed by atoms with Gasteiger partial charge in [0.1, 0.15) is 12.1 Å². The Morgan fingerprint density at radius 2 is 1.78 bits per heavy atom. The third-order valence-corrected chi connectivity index (χ3v) is 2.89. The lowest BCUT2D eigenvalue weighted by Crippen LogP contribution is -2.44. The summed E-state index contributed by atoms with van der Waals surface area (Å²) < 4.78 is 0. The van der Waals surface area contributed by atoms with Gasteiger partial charge in [0, 0.05) is 0 Å². The van der Waals surface area contributed by atoms with Crippen molar-refractivity contribution < 1.29 is 24.3 Å². The van der Waals surface area contributed by atoms with Crippen molar-refractivity contribution in [3.8, 4) is 0 Å². The van der Waals surface area contributed by atoms with E-state index in [1.807, 2.05) is 27.7 Å². The smallest absolute Gasteiger partial charge is 0.326 e. The van der Waals surface area contributed by atoms with Gasteiger partial charge in [-0.3, -0.25) is 10.1 Å². The molecule has 1 aliphatic heterocycles. The summed E-state index contributed by atoms with van der Waals surface area (Å²) in [6.07, 6.45) is 1.09. The summed E-state index contributed by atoms with van der Waals surface area (Å²) >= 11 is 0. The Labute approximate surface area is 135 Å². The van der Waals surface area contributed by atoms with Crippen LogP contribution in [0, 0.1) is 11.8 Å². The highest BCUT2D eigenvalue weighted by Gasteiger charge is 2.29. The minimum atomic E-state index is -1.05. The van der Waals surface area contributed by atoms with Crippen LogP contribution in [-0.4, -0.2) is 41.1 Å². The van der Waals surface area contributed by atoms with E-state index >= 15 is 0 Å². The third kappa shape index (κ3) is 9.33. The Kier molecular flexibility index (Phi) is 8.67. The van der Waals surface area contributed by atoms with E-state index in [1.165, 1.54) is 0 Å². The number of amides is 5. The molecule has 23 heavy (non-hydrogen) atoms. The number of nitrogens with one attached hydrogen (secondary N) is 3. The van der Waals surface area contributed by atoms with Gasteiger partial charge in [-0.2, -0.15) is 0 Å². The zero-order valence-electron chi connectivity index (χ0n) is 13.9.